The van der Waals surface area contributed by atoms with Crippen molar-refractivity contribution in [3.05, 3.63) is 146 Å². The fraction of sp³-hybridized carbons (Fsp3) is 0.0606. The van der Waals surface area contributed by atoms with E-state index in [1.807, 2.05) is 0 Å². The first-order chi connectivity index (χ1) is 19.4. The topological polar surface area (TPSA) is 95.6 Å². The molecule has 202 valence electrons. The highest BCUT2D eigenvalue weighted by Gasteiger charge is 2.47. The van der Waals surface area contributed by atoms with Crippen molar-refractivity contribution in [2.75, 3.05) is 5.73 Å². The largest absolute Gasteiger partial charge is 0.861 e. The van der Waals surface area contributed by atoms with Crippen LogP contribution in [0, 0.1) is 0 Å². The Balaban J connectivity index is 0.000000212. The molecule has 0 aliphatic heterocycles. The van der Waals surface area contributed by atoms with E-state index in [1.54, 1.807) is 6.92 Å². The lowest BCUT2D eigenvalue weighted by Gasteiger charge is -2.27. The Morgan fingerprint density at radius 1 is 0.625 bits per heavy atom. The van der Waals surface area contributed by atoms with E-state index in [9.17, 15) is 13.5 Å². The number of hydrogen-bond donors (Lipinski definition) is 1. The standard InChI is InChI=1S/C24H20P.C9H12N2O3S/c1-5-13-21(14-6-1)25(22-15-7-2-8-16-22,23-17-9-3-10-18-23)24-19-11-4-12-20-24;1-2-9(12)11-15(13,14)8-5-3-7(10)4-6-8/h1-20H;3-6H,2,10H2,1H3,(H,11,12)/q+1;/p-1. The van der Waals surface area contributed by atoms with Gasteiger partial charge in [0.25, 0.3) is 10.0 Å². The van der Waals surface area contributed by atoms with E-state index in [-0.39, 0.29) is 11.3 Å². The second kappa shape index (κ2) is 13.2. The van der Waals surface area contributed by atoms with Crippen LogP contribution in [0.25, 0.3) is 0 Å². The SMILES string of the molecule is CCC([O-])=NS(=O)(=O)c1ccc(N)cc1.c1ccc([P+](c2ccccc2)(c2ccccc2)c2ccccc2)cc1. The maximum atomic E-state index is 11.5. The molecule has 0 radical (unpaired) electrons. The highest BCUT2D eigenvalue weighted by atomic mass is 32.2. The number of anilines is 1. The van der Waals surface area contributed by atoms with E-state index in [4.69, 9.17) is 5.73 Å². The summed E-state index contributed by atoms with van der Waals surface area (Å²) in [6.45, 7) is 1.55. The first kappa shape index (κ1) is 28.8. The number of nitrogens with two attached hydrogens (primary N) is 1. The summed E-state index contributed by atoms with van der Waals surface area (Å²) in [5.41, 5.74) is 5.86. The van der Waals surface area contributed by atoms with Gasteiger partial charge in [0.2, 0.25) is 0 Å². The second-order valence-corrected chi connectivity index (χ2v) is 13.9. The second-order valence-electron chi connectivity index (χ2n) is 8.90. The van der Waals surface area contributed by atoms with E-state index in [1.165, 1.54) is 45.5 Å². The number of nitrogen functional groups attached to an aromatic ring is 1. The molecule has 5 aromatic carbocycles. The number of hydrogen-bond acceptors (Lipinski definition) is 4. The molecule has 0 bridgehead atoms. The van der Waals surface area contributed by atoms with Crippen molar-refractivity contribution in [1.29, 1.82) is 0 Å². The average molecular weight is 567 g/mol. The summed E-state index contributed by atoms with van der Waals surface area (Å²) < 4.78 is 26.1. The maximum Gasteiger partial charge on any atom is 0.281 e. The van der Waals surface area contributed by atoms with E-state index >= 15 is 0 Å². The molecule has 7 heteroatoms. The van der Waals surface area contributed by atoms with Crippen molar-refractivity contribution in [2.24, 2.45) is 4.40 Å². The van der Waals surface area contributed by atoms with Gasteiger partial charge in [0.15, 0.2) is 0 Å². The molecule has 0 heterocycles. The van der Waals surface area contributed by atoms with Gasteiger partial charge in [0.1, 0.15) is 28.5 Å². The Labute approximate surface area is 237 Å². The van der Waals surface area contributed by atoms with E-state index in [0.29, 0.717) is 5.69 Å². The molecule has 2 N–H and O–H groups in total. The van der Waals surface area contributed by atoms with Gasteiger partial charge in [-0.1, -0.05) is 79.7 Å². The van der Waals surface area contributed by atoms with Gasteiger partial charge >= 0.3 is 0 Å². The van der Waals surface area contributed by atoms with E-state index in [0.717, 1.165) is 0 Å². The quantitative estimate of drug-likeness (QED) is 0.136. The smallest absolute Gasteiger partial charge is 0.281 e. The molecule has 0 atom stereocenters. The third-order valence-electron chi connectivity index (χ3n) is 6.28. The molecule has 5 rings (SSSR count). The molecule has 0 aliphatic rings. The number of rotatable bonds is 7. The first-order valence-corrected chi connectivity index (χ1v) is 16.1. The van der Waals surface area contributed by atoms with E-state index < -0.39 is 23.2 Å². The van der Waals surface area contributed by atoms with Gasteiger partial charge in [-0.15, -0.1) is 0 Å². The Bertz CT molecular complexity index is 1470. The van der Waals surface area contributed by atoms with Gasteiger partial charge in [-0.05, 0) is 85.1 Å². The number of nitrogens with zero attached hydrogens (tertiary/aromatic N) is 1. The zero-order valence-electron chi connectivity index (χ0n) is 22.2. The zero-order valence-corrected chi connectivity index (χ0v) is 23.9. The summed E-state index contributed by atoms with van der Waals surface area (Å²) in [6, 6.07) is 49.3. The first-order valence-electron chi connectivity index (χ1n) is 12.9. The summed E-state index contributed by atoms with van der Waals surface area (Å²) in [6.07, 6.45) is 0.0637. The van der Waals surface area contributed by atoms with Crippen molar-refractivity contribution in [1.82, 2.24) is 0 Å². The predicted octanol–water partition coefficient (Wildman–Crippen LogP) is 4.43. The van der Waals surface area contributed by atoms with Crippen LogP contribution in [0.2, 0.25) is 0 Å². The summed E-state index contributed by atoms with van der Waals surface area (Å²) in [5, 5.41) is 16.4. The lowest BCUT2D eigenvalue weighted by Crippen LogP contribution is -2.38. The Kier molecular flexibility index (Phi) is 9.49. The monoisotopic (exact) mass is 566 g/mol. The fourth-order valence-electron chi connectivity index (χ4n) is 4.39. The van der Waals surface area contributed by atoms with Gasteiger partial charge in [0, 0.05) is 5.69 Å². The van der Waals surface area contributed by atoms with Crippen molar-refractivity contribution in [3.8, 4) is 0 Å². The van der Waals surface area contributed by atoms with Crippen LogP contribution in [-0.2, 0) is 10.0 Å². The van der Waals surface area contributed by atoms with Gasteiger partial charge in [-0.2, -0.15) is 12.8 Å². The maximum absolute atomic E-state index is 11.5. The van der Waals surface area contributed by atoms with Crippen molar-refractivity contribution >= 4 is 50.1 Å². The van der Waals surface area contributed by atoms with Gasteiger partial charge in [-0.25, -0.2) is 0 Å². The van der Waals surface area contributed by atoms with Gasteiger partial charge in [-0.3, -0.25) is 0 Å². The minimum absolute atomic E-state index is 0.0292. The lowest BCUT2D eigenvalue weighted by atomic mass is 10.3. The number of benzene rings is 5. The Morgan fingerprint density at radius 2 is 0.950 bits per heavy atom. The molecule has 5 aromatic rings. The van der Waals surface area contributed by atoms with Crippen LogP contribution in [0.4, 0.5) is 5.69 Å². The van der Waals surface area contributed by atoms with Crippen LogP contribution in [0.15, 0.2) is 155 Å². The summed E-state index contributed by atoms with van der Waals surface area (Å²) in [4.78, 5) is -0.0292. The molecular formula is C33H31N2O3PS. The fourth-order valence-corrected chi connectivity index (χ4v) is 9.64. The Hall–Kier alpha value is -4.25. The van der Waals surface area contributed by atoms with Crippen molar-refractivity contribution < 1.29 is 13.5 Å². The zero-order chi connectivity index (χ0) is 28.4. The molecule has 0 fully saturated rings. The highest BCUT2D eigenvalue weighted by molar-refractivity contribution is 8.01. The lowest BCUT2D eigenvalue weighted by molar-refractivity contribution is -0.217. The van der Waals surface area contributed by atoms with Crippen LogP contribution in [0.5, 0.6) is 0 Å². The minimum atomic E-state index is -3.87. The predicted molar refractivity (Wildman–Crippen MR) is 167 cm³/mol. The van der Waals surface area contributed by atoms with Crippen molar-refractivity contribution in [2.45, 2.75) is 18.2 Å². The van der Waals surface area contributed by atoms with Crippen LogP contribution in [0.1, 0.15) is 13.3 Å². The minimum Gasteiger partial charge on any atom is -0.861 e. The third-order valence-corrected chi connectivity index (χ3v) is 11.9. The molecule has 0 aromatic heterocycles. The van der Waals surface area contributed by atoms with Gasteiger partial charge < -0.3 is 10.8 Å². The van der Waals surface area contributed by atoms with Crippen LogP contribution in [-0.4, -0.2) is 14.3 Å². The Morgan fingerprint density at radius 3 is 1.25 bits per heavy atom. The molecule has 40 heavy (non-hydrogen) atoms. The normalized spacial score (nSPS) is 11.8. The van der Waals surface area contributed by atoms with Crippen LogP contribution in [0.3, 0.4) is 0 Å². The van der Waals surface area contributed by atoms with E-state index in [2.05, 4.69) is 126 Å². The van der Waals surface area contributed by atoms with Crippen LogP contribution >= 0.6 is 7.26 Å². The number of sulfonamides is 1. The highest BCUT2D eigenvalue weighted by Crippen LogP contribution is 2.53. The third kappa shape index (κ3) is 6.48. The van der Waals surface area contributed by atoms with Crippen LogP contribution < -0.4 is 32.1 Å². The summed E-state index contributed by atoms with van der Waals surface area (Å²) >= 11 is 0. The molecule has 0 spiro atoms. The average Bonchev–Trinajstić information content (AvgIpc) is 3.00. The molecule has 0 aliphatic carbocycles. The summed E-state index contributed by atoms with van der Waals surface area (Å²) in [7, 11) is -5.77. The summed E-state index contributed by atoms with van der Waals surface area (Å²) in [5.74, 6) is -0.660. The molecule has 5 nitrogen and oxygen atoms in total. The van der Waals surface area contributed by atoms with Gasteiger partial charge in [0.05, 0.1) is 4.90 Å². The molecule has 0 saturated heterocycles. The molecule has 0 amide bonds. The molecular weight excluding hydrogens is 535 g/mol. The molecule has 0 unspecified atom stereocenters. The molecule has 0 saturated carbocycles. The van der Waals surface area contributed by atoms with Crippen molar-refractivity contribution in [3.63, 3.8) is 0 Å².